The predicted molar refractivity (Wildman–Crippen MR) is 89.8 cm³/mol. The Morgan fingerprint density at radius 3 is 2.77 bits per heavy atom. The van der Waals surface area contributed by atoms with Crippen LogP contribution < -0.4 is 10.2 Å². The van der Waals surface area contributed by atoms with Crippen molar-refractivity contribution in [2.75, 3.05) is 29.9 Å². The molecule has 0 atom stereocenters. The summed E-state index contributed by atoms with van der Waals surface area (Å²) in [6.07, 6.45) is 4.04. The maximum Gasteiger partial charge on any atom is 0.185 e. The summed E-state index contributed by atoms with van der Waals surface area (Å²) in [5.74, 6) is 1.05. The first-order valence-corrected chi connectivity index (χ1v) is 8.63. The normalized spacial score (nSPS) is 16.2. The van der Waals surface area contributed by atoms with Gasteiger partial charge in [-0.3, -0.25) is 0 Å². The molecule has 7 heteroatoms. The van der Waals surface area contributed by atoms with Crippen LogP contribution in [0.15, 0.2) is 11.6 Å². The van der Waals surface area contributed by atoms with Gasteiger partial charge in [-0.2, -0.15) is 5.10 Å². The smallest absolute Gasteiger partial charge is 0.185 e. The summed E-state index contributed by atoms with van der Waals surface area (Å²) in [6.45, 7) is 6.80. The Morgan fingerprint density at radius 1 is 1.36 bits per heavy atom. The van der Waals surface area contributed by atoms with Gasteiger partial charge in [0.1, 0.15) is 5.82 Å². The molecule has 2 aromatic heterocycles. The second kappa shape index (κ2) is 6.66. The summed E-state index contributed by atoms with van der Waals surface area (Å²) >= 11 is 1.70. The molecular formula is C15H23N5OS. The van der Waals surface area contributed by atoms with Crippen LogP contribution in [0.4, 0.5) is 10.9 Å². The minimum Gasteiger partial charge on any atom is -0.394 e. The number of rotatable bonds is 5. The third-order valence-electron chi connectivity index (χ3n) is 4.26. The van der Waals surface area contributed by atoms with Crippen LogP contribution in [-0.2, 0) is 6.54 Å². The van der Waals surface area contributed by atoms with E-state index in [4.69, 9.17) is 0 Å². The maximum atomic E-state index is 9.19. The lowest BCUT2D eigenvalue weighted by atomic mass is 10.1. The highest BCUT2D eigenvalue weighted by Crippen LogP contribution is 2.25. The van der Waals surface area contributed by atoms with E-state index in [2.05, 4.69) is 27.2 Å². The zero-order valence-corrected chi connectivity index (χ0v) is 13.9. The Hall–Kier alpha value is -1.60. The number of hydrogen-bond acceptors (Lipinski definition) is 6. The number of thiazole rings is 1. The molecular weight excluding hydrogens is 298 g/mol. The highest BCUT2D eigenvalue weighted by atomic mass is 32.1. The van der Waals surface area contributed by atoms with E-state index < -0.39 is 0 Å². The van der Waals surface area contributed by atoms with Gasteiger partial charge in [0.2, 0.25) is 0 Å². The van der Waals surface area contributed by atoms with Gasteiger partial charge < -0.3 is 15.3 Å². The van der Waals surface area contributed by atoms with Gasteiger partial charge in [-0.25, -0.2) is 9.67 Å². The van der Waals surface area contributed by atoms with Crippen molar-refractivity contribution in [3.63, 3.8) is 0 Å². The number of aryl methyl sites for hydroxylation is 1. The van der Waals surface area contributed by atoms with Crippen LogP contribution in [0.5, 0.6) is 0 Å². The van der Waals surface area contributed by atoms with Crippen LogP contribution in [0.2, 0.25) is 0 Å². The van der Waals surface area contributed by atoms with E-state index in [9.17, 15) is 5.11 Å². The number of aliphatic hydroxyl groups excluding tert-OH is 1. The molecule has 0 aliphatic carbocycles. The third-order valence-corrected chi connectivity index (χ3v) is 5.10. The number of nitrogens with zero attached hydrogens (tertiary/aromatic N) is 4. The summed E-state index contributed by atoms with van der Waals surface area (Å²) in [7, 11) is 0. The van der Waals surface area contributed by atoms with E-state index in [1.165, 1.54) is 5.56 Å². The molecule has 3 rings (SSSR count). The van der Waals surface area contributed by atoms with Gasteiger partial charge in [-0.1, -0.05) is 0 Å². The van der Waals surface area contributed by atoms with Crippen LogP contribution in [0.1, 0.15) is 24.1 Å². The quantitative estimate of drug-likeness (QED) is 0.882. The van der Waals surface area contributed by atoms with Gasteiger partial charge in [0.05, 0.1) is 18.8 Å². The number of nitrogens with one attached hydrogen (secondary N) is 1. The zero-order valence-electron chi connectivity index (χ0n) is 13.1. The lowest BCUT2D eigenvalue weighted by Gasteiger charge is -2.32. The number of piperidine rings is 1. The highest BCUT2D eigenvalue weighted by molar-refractivity contribution is 7.13. The van der Waals surface area contributed by atoms with Crippen molar-refractivity contribution in [2.24, 2.45) is 0 Å². The molecule has 0 spiro atoms. The first-order chi connectivity index (χ1) is 10.7. The van der Waals surface area contributed by atoms with Crippen molar-refractivity contribution < 1.29 is 5.11 Å². The van der Waals surface area contributed by atoms with Gasteiger partial charge in [0.15, 0.2) is 5.13 Å². The monoisotopic (exact) mass is 321 g/mol. The van der Waals surface area contributed by atoms with Crippen molar-refractivity contribution in [3.05, 3.63) is 22.8 Å². The Bertz CT molecular complexity index is 602. The Morgan fingerprint density at radius 2 is 2.14 bits per heavy atom. The molecule has 1 aliphatic rings. The molecule has 1 saturated heterocycles. The van der Waals surface area contributed by atoms with Crippen LogP contribution in [0, 0.1) is 13.8 Å². The maximum absolute atomic E-state index is 9.19. The topological polar surface area (TPSA) is 66.2 Å². The summed E-state index contributed by atoms with van der Waals surface area (Å²) in [6, 6.07) is 0.448. The molecule has 1 fully saturated rings. The van der Waals surface area contributed by atoms with E-state index in [1.54, 1.807) is 11.3 Å². The van der Waals surface area contributed by atoms with Crippen molar-refractivity contribution in [1.82, 2.24) is 14.8 Å². The lowest BCUT2D eigenvalue weighted by Crippen LogP contribution is -2.39. The first-order valence-electron chi connectivity index (χ1n) is 7.75. The summed E-state index contributed by atoms with van der Waals surface area (Å²) in [4.78, 5) is 6.74. The minimum absolute atomic E-state index is 0.109. The Balaban J connectivity index is 1.63. The van der Waals surface area contributed by atoms with Gasteiger partial charge >= 0.3 is 0 Å². The zero-order chi connectivity index (χ0) is 15.5. The van der Waals surface area contributed by atoms with Gasteiger partial charge in [0, 0.05) is 36.3 Å². The fourth-order valence-corrected chi connectivity index (χ4v) is 3.59. The van der Waals surface area contributed by atoms with Crippen LogP contribution in [0.3, 0.4) is 0 Å². The third kappa shape index (κ3) is 3.10. The van der Waals surface area contributed by atoms with E-state index in [-0.39, 0.29) is 6.61 Å². The largest absolute Gasteiger partial charge is 0.394 e. The second-order valence-corrected chi connectivity index (χ2v) is 6.60. The van der Waals surface area contributed by atoms with Crippen molar-refractivity contribution in [2.45, 2.75) is 39.3 Å². The van der Waals surface area contributed by atoms with Gasteiger partial charge in [0.25, 0.3) is 0 Å². The molecule has 0 unspecified atom stereocenters. The summed E-state index contributed by atoms with van der Waals surface area (Å²) in [5.41, 5.74) is 2.20. The van der Waals surface area contributed by atoms with E-state index in [1.807, 2.05) is 23.2 Å². The molecule has 120 valence electrons. The minimum atomic E-state index is 0.109. The van der Waals surface area contributed by atoms with Crippen molar-refractivity contribution in [1.29, 1.82) is 0 Å². The summed E-state index contributed by atoms with van der Waals surface area (Å²) in [5, 5.41) is 20.5. The Kier molecular flexibility index (Phi) is 4.63. The molecule has 6 nitrogen and oxygen atoms in total. The lowest BCUT2D eigenvalue weighted by molar-refractivity contribution is 0.270. The molecule has 3 heterocycles. The number of hydrogen-bond donors (Lipinski definition) is 2. The van der Waals surface area contributed by atoms with Crippen molar-refractivity contribution >= 4 is 22.3 Å². The SMILES string of the molecule is Cc1nn(CCO)c(NC2CCN(c3nccs3)CC2)c1C. The van der Waals surface area contributed by atoms with Gasteiger partial charge in [-0.15, -0.1) is 11.3 Å². The molecule has 0 bridgehead atoms. The molecule has 0 radical (unpaired) electrons. The molecule has 0 amide bonds. The molecule has 22 heavy (non-hydrogen) atoms. The fraction of sp³-hybridized carbons (Fsp3) is 0.600. The first kappa shape index (κ1) is 15.3. The molecule has 0 aromatic carbocycles. The van der Waals surface area contributed by atoms with E-state index >= 15 is 0 Å². The molecule has 2 aromatic rings. The average Bonchev–Trinajstić information content (AvgIpc) is 3.14. The van der Waals surface area contributed by atoms with Crippen LogP contribution >= 0.6 is 11.3 Å². The fourth-order valence-electron chi connectivity index (χ4n) is 2.89. The summed E-state index contributed by atoms with van der Waals surface area (Å²) < 4.78 is 1.89. The standard InChI is InChI=1S/C15H23N5OS/c1-11-12(2)18-20(8-9-21)14(11)17-13-3-6-19(7-4-13)15-16-5-10-22-15/h5,10,13,17,21H,3-4,6-9H2,1-2H3. The van der Waals surface area contributed by atoms with E-state index in [0.717, 1.165) is 42.6 Å². The number of anilines is 2. The highest BCUT2D eigenvalue weighted by Gasteiger charge is 2.22. The number of aromatic nitrogens is 3. The van der Waals surface area contributed by atoms with Crippen molar-refractivity contribution in [3.8, 4) is 0 Å². The van der Waals surface area contributed by atoms with Crippen LogP contribution in [0.25, 0.3) is 0 Å². The second-order valence-electron chi connectivity index (χ2n) is 5.73. The van der Waals surface area contributed by atoms with Gasteiger partial charge in [-0.05, 0) is 26.7 Å². The molecule has 2 N–H and O–H groups in total. The Labute approximate surface area is 134 Å². The van der Waals surface area contributed by atoms with E-state index in [0.29, 0.717) is 12.6 Å². The average molecular weight is 321 g/mol. The number of aliphatic hydroxyl groups is 1. The van der Waals surface area contributed by atoms with Crippen LogP contribution in [-0.4, -0.2) is 45.6 Å². The predicted octanol–water partition coefficient (Wildman–Crippen LogP) is 2.03. The molecule has 1 aliphatic heterocycles. The molecule has 0 saturated carbocycles.